The molecule has 0 bridgehead atoms. The van der Waals surface area contributed by atoms with Crippen molar-refractivity contribution in [2.45, 2.75) is 51.5 Å². The second-order valence-corrected chi connectivity index (χ2v) is 5.59. The van der Waals surface area contributed by atoms with Crippen molar-refractivity contribution >= 4 is 11.5 Å². The van der Waals surface area contributed by atoms with Crippen molar-refractivity contribution in [1.82, 2.24) is 9.59 Å². The Morgan fingerprint density at radius 2 is 2.20 bits per heavy atom. The molecule has 1 aromatic heterocycles. The molecule has 0 aliphatic heterocycles. The average molecular weight is 225 g/mol. The first kappa shape index (κ1) is 11.0. The van der Waals surface area contributed by atoms with Gasteiger partial charge in [0.05, 0.1) is 10.6 Å². The predicted molar refractivity (Wildman–Crippen MR) is 62.9 cm³/mol. The van der Waals surface area contributed by atoms with Crippen LogP contribution >= 0.6 is 11.5 Å². The van der Waals surface area contributed by atoms with Crippen LogP contribution in [0.2, 0.25) is 0 Å². The zero-order valence-electron chi connectivity index (χ0n) is 9.44. The number of hydrogen-bond acceptors (Lipinski definition) is 4. The molecular weight excluding hydrogens is 206 g/mol. The molecule has 0 spiro atoms. The van der Waals surface area contributed by atoms with Crippen LogP contribution in [0.15, 0.2) is 0 Å². The third-order valence-corrected chi connectivity index (χ3v) is 3.88. The van der Waals surface area contributed by atoms with Crippen molar-refractivity contribution in [3.05, 3.63) is 10.6 Å². The summed E-state index contributed by atoms with van der Waals surface area (Å²) in [5.74, 6) is 1.39. The second kappa shape index (κ2) is 4.58. The first-order valence-electron chi connectivity index (χ1n) is 5.76. The van der Waals surface area contributed by atoms with E-state index in [0.717, 1.165) is 18.0 Å². The van der Waals surface area contributed by atoms with E-state index in [0.29, 0.717) is 5.92 Å². The zero-order valence-corrected chi connectivity index (χ0v) is 10.3. The molecule has 1 heterocycles. The van der Waals surface area contributed by atoms with Crippen molar-refractivity contribution in [2.75, 3.05) is 0 Å². The summed E-state index contributed by atoms with van der Waals surface area (Å²) in [7, 11) is 0. The Balaban J connectivity index is 1.96. The number of hydrogen-bond donors (Lipinski definition) is 1. The summed E-state index contributed by atoms with van der Waals surface area (Å²) in [5.41, 5.74) is 7.28. The molecule has 3 nitrogen and oxygen atoms in total. The van der Waals surface area contributed by atoms with E-state index in [1.54, 1.807) is 0 Å². The van der Waals surface area contributed by atoms with E-state index in [1.807, 2.05) is 0 Å². The summed E-state index contributed by atoms with van der Waals surface area (Å²) < 4.78 is 4.02. The highest BCUT2D eigenvalue weighted by Crippen LogP contribution is 2.36. The first-order valence-corrected chi connectivity index (χ1v) is 6.53. The third-order valence-electron chi connectivity index (χ3n) is 3.01. The Morgan fingerprint density at radius 3 is 2.80 bits per heavy atom. The molecule has 1 aliphatic carbocycles. The Labute approximate surface area is 95.2 Å². The van der Waals surface area contributed by atoms with Gasteiger partial charge in [-0.25, -0.2) is 0 Å². The van der Waals surface area contributed by atoms with E-state index in [4.69, 9.17) is 5.73 Å². The van der Waals surface area contributed by atoms with Gasteiger partial charge in [-0.1, -0.05) is 31.2 Å². The highest BCUT2D eigenvalue weighted by atomic mass is 32.1. The maximum Gasteiger partial charge on any atom is 0.0828 e. The number of aromatic nitrogens is 2. The molecule has 15 heavy (non-hydrogen) atoms. The monoisotopic (exact) mass is 225 g/mol. The molecule has 1 fully saturated rings. The van der Waals surface area contributed by atoms with Crippen LogP contribution in [-0.4, -0.2) is 9.59 Å². The fraction of sp³-hybridized carbons (Fsp3) is 0.818. The Bertz CT molecular complexity index is 317. The summed E-state index contributed by atoms with van der Waals surface area (Å²) in [6.07, 6.45) is 5.18. The molecule has 0 aromatic carbocycles. The minimum atomic E-state index is 0.156. The van der Waals surface area contributed by atoms with Crippen LogP contribution in [0, 0.1) is 5.92 Å². The van der Waals surface area contributed by atoms with Gasteiger partial charge >= 0.3 is 0 Å². The second-order valence-electron chi connectivity index (χ2n) is 4.80. The van der Waals surface area contributed by atoms with Crippen LogP contribution < -0.4 is 5.73 Å². The minimum Gasteiger partial charge on any atom is -0.323 e. The van der Waals surface area contributed by atoms with Crippen molar-refractivity contribution in [1.29, 1.82) is 0 Å². The van der Waals surface area contributed by atoms with Gasteiger partial charge in [0, 0.05) is 6.04 Å². The molecule has 2 N–H and O–H groups in total. The van der Waals surface area contributed by atoms with Gasteiger partial charge in [0.15, 0.2) is 0 Å². The van der Waals surface area contributed by atoms with Gasteiger partial charge in [-0.15, -0.1) is 5.10 Å². The quantitative estimate of drug-likeness (QED) is 0.838. The van der Waals surface area contributed by atoms with Gasteiger partial charge in [-0.2, -0.15) is 0 Å². The maximum atomic E-state index is 6.18. The lowest BCUT2D eigenvalue weighted by Gasteiger charge is -2.11. The van der Waals surface area contributed by atoms with Crippen molar-refractivity contribution in [2.24, 2.45) is 11.7 Å². The summed E-state index contributed by atoms with van der Waals surface area (Å²) in [4.78, 5) is 1.20. The molecule has 1 atom stereocenters. The van der Waals surface area contributed by atoms with Crippen LogP contribution in [0.3, 0.4) is 0 Å². The van der Waals surface area contributed by atoms with Crippen molar-refractivity contribution < 1.29 is 0 Å². The van der Waals surface area contributed by atoms with Gasteiger partial charge in [-0.05, 0) is 36.2 Å². The smallest absolute Gasteiger partial charge is 0.0828 e. The molecule has 2 rings (SSSR count). The highest BCUT2D eigenvalue weighted by Gasteiger charge is 2.24. The van der Waals surface area contributed by atoms with Crippen LogP contribution in [0.1, 0.15) is 62.1 Å². The predicted octanol–water partition coefficient (Wildman–Crippen LogP) is 2.85. The molecule has 1 aromatic rings. The maximum absolute atomic E-state index is 6.18. The van der Waals surface area contributed by atoms with Crippen molar-refractivity contribution in [3.8, 4) is 0 Å². The number of rotatable bonds is 5. The Hall–Kier alpha value is -0.480. The van der Waals surface area contributed by atoms with Gasteiger partial charge in [0.1, 0.15) is 0 Å². The van der Waals surface area contributed by atoms with E-state index >= 15 is 0 Å². The van der Waals surface area contributed by atoms with E-state index in [1.165, 1.54) is 35.7 Å². The Kier molecular flexibility index (Phi) is 3.36. The van der Waals surface area contributed by atoms with Crippen LogP contribution in [0.25, 0.3) is 0 Å². The van der Waals surface area contributed by atoms with Gasteiger partial charge in [-0.3, -0.25) is 0 Å². The van der Waals surface area contributed by atoms with Crippen LogP contribution in [0.5, 0.6) is 0 Å². The topological polar surface area (TPSA) is 51.8 Å². The molecule has 0 radical (unpaired) electrons. The van der Waals surface area contributed by atoms with Gasteiger partial charge < -0.3 is 5.73 Å². The molecular formula is C11H19N3S. The number of nitrogens with zero attached hydrogens (tertiary/aromatic N) is 2. The Morgan fingerprint density at radius 1 is 1.47 bits per heavy atom. The lowest BCUT2D eigenvalue weighted by atomic mass is 10.0. The van der Waals surface area contributed by atoms with E-state index in [9.17, 15) is 0 Å². The molecule has 1 aliphatic rings. The van der Waals surface area contributed by atoms with E-state index in [2.05, 4.69) is 23.4 Å². The summed E-state index contributed by atoms with van der Waals surface area (Å²) in [6, 6.07) is 0.156. The molecule has 0 saturated heterocycles. The summed E-state index contributed by atoms with van der Waals surface area (Å²) >= 11 is 1.47. The fourth-order valence-electron chi connectivity index (χ4n) is 1.81. The lowest BCUT2D eigenvalue weighted by Crippen LogP contribution is -2.11. The molecule has 1 unspecified atom stereocenters. The van der Waals surface area contributed by atoms with Crippen molar-refractivity contribution in [3.63, 3.8) is 0 Å². The standard InChI is InChI=1S/C11H19N3S/c1-7(2)10-11(15-14-13-10)9(12)6-5-8-3-4-8/h7-9H,3-6,12H2,1-2H3. The zero-order chi connectivity index (χ0) is 10.8. The van der Waals surface area contributed by atoms with E-state index < -0.39 is 0 Å². The van der Waals surface area contributed by atoms with Crippen LogP contribution in [-0.2, 0) is 0 Å². The number of nitrogens with two attached hydrogens (primary N) is 1. The third kappa shape index (κ3) is 2.75. The van der Waals surface area contributed by atoms with E-state index in [-0.39, 0.29) is 6.04 Å². The SMILES string of the molecule is CC(C)c1nnsc1C(N)CCC1CC1. The molecule has 1 saturated carbocycles. The first-order chi connectivity index (χ1) is 7.18. The highest BCUT2D eigenvalue weighted by molar-refractivity contribution is 7.05. The fourth-order valence-corrected chi connectivity index (χ4v) is 2.65. The van der Waals surface area contributed by atoms with Gasteiger partial charge in [0.2, 0.25) is 0 Å². The van der Waals surface area contributed by atoms with Gasteiger partial charge in [0.25, 0.3) is 0 Å². The largest absolute Gasteiger partial charge is 0.323 e. The minimum absolute atomic E-state index is 0.156. The molecule has 0 amide bonds. The normalized spacial score (nSPS) is 18.4. The average Bonchev–Trinajstić information content (AvgIpc) is 2.88. The molecule has 4 heteroatoms. The summed E-state index contributed by atoms with van der Waals surface area (Å²) in [5, 5.41) is 4.17. The van der Waals surface area contributed by atoms with Crippen LogP contribution in [0.4, 0.5) is 0 Å². The lowest BCUT2D eigenvalue weighted by molar-refractivity contribution is 0.574. The molecule has 84 valence electrons. The summed E-state index contributed by atoms with van der Waals surface area (Å²) in [6.45, 7) is 4.29.